The Labute approximate surface area is 99.5 Å². The van der Waals surface area contributed by atoms with Crippen molar-refractivity contribution in [2.75, 3.05) is 18.0 Å². The first-order valence-electron chi connectivity index (χ1n) is 5.28. The van der Waals surface area contributed by atoms with Crippen LogP contribution in [0.15, 0.2) is 12.4 Å². The largest absolute Gasteiger partial charge is 0.481 e. The number of carboxylic acids is 1. The number of anilines is 1. The maximum absolute atomic E-state index is 10.8. The number of nitriles is 1. The zero-order chi connectivity index (χ0) is 12.8. The van der Waals surface area contributed by atoms with Crippen LogP contribution in [-0.2, 0) is 4.79 Å². The Bertz CT molecular complexity index is 424. The molecule has 0 aromatic carbocycles. The number of rotatable bonds is 5. The fourth-order valence-electron chi connectivity index (χ4n) is 1.34. The van der Waals surface area contributed by atoms with Gasteiger partial charge in [0.05, 0.1) is 18.3 Å². The van der Waals surface area contributed by atoms with Crippen LogP contribution >= 0.6 is 0 Å². The molecule has 6 heteroatoms. The van der Waals surface area contributed by atoms with Crippen LogP contribution in [-0.4, -0.2) is 34.1 Å². The highest BCUT2D eigenvalue weighted by molar-refractivity contribution is 5.70. The van der Waals surface area contributed by atoms with Gasteiger partial charge in [-0.1, -0.05) is 6.92 Å². The average molecular weight is 234 g/mol. The average Bonchev–Trinajstić information content (AvgIpc) is 2.35. The summed E-state index contributed by atoms with van der Waals surface area (Å²) in [6, 6.07) is 1.88. The van der Waals surface area contributed by atoms with Gasteiger partial charge in [0.25, 0.3) is 0 Å². The lowest BCUT2D eigenvalue weighted by atomic mass is 10.2. The molecule has 1 heterocycles. The minimum atomic E-state index is -0.843. The third-order valence-corrected chi connectivity index (χ3v) is 2.37. The number of aliphatic carboxylic acids is 1. The molecular weight excluding hydrogens is 220 g/mol. The summed E-state index contributed by atoms with van der Waals surface area (Å²) in [4.78, 5) is 20.6. The highest BCUT2D eigenvalue weighted by Gasteiger charge is 2.16. The van der Waals surface area contributed by atoms with Gasteiger partial charge in [-0.05, 0) is 6.92 Å². The maximum atomic E-state index is 10.8. The second-order valence-corrected chi connectivity index (χ2v) is 3.65. The van der Waals surface area contributed by atoms with Gasteiger partial charge in [-0.15, -0.1) is 0 Å². The Kier molecular flexibility index (Phi) is 4.40. The van der Waals surface area contributed by atoms with Crippen molar-refractivity contribution in [1.29, 1.82) is 5.26 Å². The third-order valence-electron chi connectivity index (χ3n) is 2.37. The molecule has 1 aromatic rings. The molecule has 0 saturated carbocycles. The van der Waals surface area contributed by atoms with Crippen LogP contribution in [0.3, 0.4) is 0 Å². The molecule has 1 rings (SSSR count). The van der Waals surface area contributed by atoms with Crippen molar-refractivity contribution in [2.24, 2.45) is 5.92 Å². The monoisotopic (exact) mass is 234 g/mol. The van der Waals surface area contributed by atoms with E-state index in [9.17, 15) is 4.79 Å². The number of nitrogens with zero attached hydrogens (tertiary/aromatic N) is 4. The molecule has 0 aliphatic rings. The van der Waals surface area contributed by atoms with Crippen molar-refractivity contribution in [3.63, 3.8) is 0 Å². The summed E-state index contributed by atoms with van der Waals surface area (Å²) in [5, 5.41) is 17.4. The van der Waals surface area contributed by atoms with Crippen molar-refractivity contribution in [3.8, 4) is 6.07 Å². The molecule has 1 atom stereocenters. The zero-order valence-electron chi connectivity index (χ0n) is 9.79. The summed E-state index contributed by atoms with van der Waals surface area (Å²) >= 11 is 0. The van der Waals surface area contributed by atoms with Crippen molar-refractivity contribution >= 4 is 11.8 Å². The molecule has 0 aliphatic heterocycles. The van der Waals surface area contributed by atoms with E-state index in [-0.39, 0.29) is 5.69 Å². The fraction of sp³-hybridized carbons (Fsp3) is 0.455. The quantitative estimate of drug-likeness (QED) is 0.813. The normalized spacial score (nSPS) is 11.6. The van der Waals surface area contributed by atoms with Gasteiger partial charge in [0, 0.05) is 13.1 Å². The van der Waals surface area contributed by atoms with Crippen molar-refractivity contribution in [1.82, 2.24) is 9.97 Å². The second kappa shape index (κ2) is 5.80. The summed E-state index contributed by atoms with van der Waals surface area (Å²) in [5.41, 5.74) is 0.246. The van der Waals surface area contributed by atoms with Gasteiger partial charge in [0.2, 0.25) is 0 Å². The molecule has 0 aliphatic carbocycles. The van der Waals surface area contributed by atoms with E-state index in [0.29, 0.717) is 18.9 Å². The molecule has 17 heavy (non-hydrogen) atoms. The van der Waals surface area contributed by atoms with Crippen molar-refractivity contribution < 1.29 is 9.90 Å². The van der Waals surface area contributed by atoms with Crippen LogP contribution in [0.5, 0.6) is 0 Å². The van der Waals surface area contributed by atoms with E-state index < -0.39 is 11.9 Å². The van der Waals surface area contributed by atoms with E-state index in [1.165, 1.54) is 12.4 Å². The van der Waals surface area contributed by atoms with Crippen molar-refractivity contribution in [2.45, 2.75) is 13.8 Å². The molecule has 0 fully saturated rings. The van der Waals surface area contributed by atoms with E-state index in [1.54, 1.807) is 6.92 Å². The summed E-state index contributed by atoms with van der Waals surface area (Å²) in [6.45, 7) is 4.56. The molecule has 0 spiro atoms. The molecule has 1 unspecified atom stereocenters. The second-order valence-electron chi connectivity index (χ2n) is 3.65. The van der Waals surface area contributed by atoms with Gasteiger partial charge in [-0.25, -0.2) is 9.97 Å². The molecule has 0 bridgehead atoms. The topological polar surface area (TPSA) is 90.1 Å². The van der Waals surface area contributed by atoms with Crippen molar-refractivity contribution in [3.05, 3.63) is 18.1 Å². The third kappa shape index (κ3) is 3.41. The lowest BCUT2D eigenvalue weighted by Crippen LogP contribution is -2.32. The molecule has 1 aromatic heterocycles. The van der Waals surface area contributed by atoms with Crippen LogP contribution in [0.25, 0.3) is 0 Å². The van der Waals surface area contributed by atoms with E-state index in [4.69, 9.17) is 10.4 Å². The number of carbonyl (C=O) groups is 1. The molecular formula is C11H14N4O2. The lowest BCUT2D eigenvalue weighted by Gasteiger charge is -2.23. The Morgan fingerprint density at radius 3 is 2.71 bits per heavy atom. The highest BCUT2D eigenvalue weighted by Crippen LogP contribution is 2.11. The summed E-state index contributed by atoms with van der Waals surface area (Å²) in [7, 11) is 0. The van der Waals surface area contributed by atoms with Gasteiger partial charge in [-0.2, -0.15) is 5.26 Å². The Morgan fingerprint density at radius 2 is 2.29 bits per heavy atom. The number of hydrogen-bond donors (Lipinski definition) is 1. The molecule has 6 nitrogen and oxygen atoms in total. The molecule has 0 saturated heterocycles. The van der Waals surface area contributed by atoms with Gasteiger partial charge in [0.1, 0.15) is 11.9 Å². The standard InChI is InChI=1S/C11H14N4O2/c1-3-15(7-8(2)11(16)17)10-6-13-9(4-12)5-14-10/h5-6,8H,3,7H2,1-2H3,(H,16,17). The number of hydrogen-bond acceptors (Lipinski definition) is 5. The Morgan fingerprint density at radius 1 is 1.59 bits per heavy atom. The smallest absolute Gasteiger partial charge is 0.308 e. The molecule has 0 radical (unpaired) electrons. The van der Waals surface area contributed by atoms with Gasteiger partial charge in [0.15, 0.2) is 5.69 Å². The highest BCUT2D eigenvalue weighted by atomic mass is 16.4. The van der Waals surface area contributed by atoms with Gasteiger partial charge in [-0.3, -0.25) is 4.79 Å². The van der Waals surface area contributed by atoms with Crippen LogP contribution in [0.1, 0.15) is 19.5 Å². The Hall–Kier alpha value is -2.16. The lowest BCUT2D eigenvalue weighted by molar-refractivity contribution is -0.140. The first-order chi connectivity index (χ1) is 8.08. The summed E-state index contributed by atoms with van der Waals surface area (Å²) in [6.07, 6.45) is 2.86. The molecule has 90 valence electrons. The van der Waals surface area contributed by atoms with Crippen LogP contribution < -0.4 is 4.90 Å². The van der Waals surface area contributed by atoms with Gasteiger partial charge >= 0.3 is 5.97 Å². The predicted octanol–water partition coefficient (Wildman–Crippen LogP) is 0.895. The fourth-order valence-corrected chi connectivity index (χ4v) is 1.34. The van der Waals surface area contributed by atoms with Crippen LogP contribution in [0, 0.1) is 17.2 Å². The minimum absolute atomic E-state index is 0.246. The minimum Gasteiger partial charge on any atom is -0.481 e. The molecule has 0 amide bonds. The number of carboxylic acid groups (broad SMARTS) is 1. The maximum Gasteiger partial charge on any atom is 0.308 e. The molecule has 1 N–H and O–H groups in total. The van der Waals surface area contributed by atoms with Crippen LogP contribution in [0.4, 0.5) is 5.82 Å². The predicted molar refractivity (Wildman–Crippen MR) is 61.4 cm³/mol. The summed E-state index contributed by atoms with van der Waals surface area (Å²) < 4.78 is 0. The number of aromatic nitrogens is 2. The van der Waals surface area contributed by atoms with Crippen LogP contribution in [0.2, 0.25) is 0 Å². The first kappa shape index (κ1) is 12.9. The van der Waals surface area contributed by atoms with E-state index in [1.807, 2.05) is 17.9 Å². The summed E-state index contributed by atoms with van der Waals surface area (Å²) in [5.74, 6) is -0.739. The Balaban J connectivity index is 2.79. The van der Waals surface area contributed by atoms with E-state index >= 15 is 0 Å². The van der Waals surface area contributed by atoms with E-state index in [0.717, 1.165) is 0 Å². The van der Waals surface area contributed by atoms with E-state index in [2.05, 4.69) is 9.97 Å². The first-order valence-corrected chi connectivity index (χ1v) is 5.28. The van der Waals surface area contributed by atoms with Gasteiger partial charge < -0.3 is 10.0 Å². The SMILES string of the molecule is CCN(CC(C)C(=O)O)c1cnc(C#N)cn1. The zero-order valence-corrected chi connectivity index (χ0v) is 9.79.